The van der Waals surface area contributed by atoms with Crippen LogP contribution in [0.25, 0.3) is 0 Å². The second kappa shape index (κ2) is 14.0. The summed E-state index contributed by atoms with van der Waals surface area (Å²) in [6, 6.07) is 0. The molecule has 2 rings (SSSR count). The second-order valence-electron chi connectivity index (χ2n) is 9.80. The molecule has 0 radical (unpaired) electrons. The lowest BCUT2D eigenvalue weighted by atomic mass is 10.0. The molecule has 0 bridgehead atoms. The molecule has 0 aliphatic heterocycles. The van der Waals surface area contributed by atoms with E-state index in [4.69, 9.17) is 4.74 Å². The van der Waals surface area contributed by atoms with Crippen molar-refractivity contribution in [1.29, 1.82) is 0 Å². The topological polar surface area (TPSA) is 129 Å². The molecule has 198 valence electrons. The number of aromatic nitrogens is 5. The molecule has 0 aliphatic carbocycles. The van der Waals surface area contributed by atoms with Crippen LogP contribution in [-0.2, 0) is 32.3 Å². The minimum absolute atomic E-state index is 0.0367. The van der Waals surface area contributed by atoms with E-state index < -0.39 is 9.84 Å². The van der Waals surface area contributed by atoms with Crippen LogP contribution in [0.5, 0.6) is 0 Å². The molecule has 0 aromatic carbocycles. The number of nitrogens with zero attached hydrogens (tertiary/aromatic N) is 5. The van der Waals surface area contributed by atoms with E-state index in [1.165, 1.54) is 12.4 Å². The van der Waals surface area contributed by atoms with Crippen molar-refractivity contribution in [3.63, 3.8) is 0 Å². The van der Waals surface area contributed by atoms with Crippen LogP contribution in [0.4, 0.5) is 0 Å². The molecule has 0 spiro atoms. The van der Waals surface area contributed by atoms with Gasteiger partial charge in [0.05, 0.1) is 16.9 Å². The number of nitrogens with one attached hydrogen (secondary N) is 1. The molecule has 0 saturated heterocycles. The zero-order valence-corrected chi connectivity index (χ0v) is 22.8. The Labute approximate surface area is 214 Å². The third-order valence-corrected chi connectivity index (χ3v) is 6.19. The summed E-state index contributed by atoms with van der Waals surface area (Å²) in [4.78, 5) is 19.6. The first kappa shape index (κ1) is 29.4. The van der Waals surface area contributed by atoms with Crippen LogP contribution in [-0.4, -0.2) is 64.3 Å². The van der Waals surface area contributed by atoms with Gasteiger partial charge in [-0.2, -0.15) is 0 Å². The fourth-order valence-electron chi connectivity index (χ4n) is 3.08. The van der Waals surface area contributed by atoms with Crippen LogP contribution in [0.1, 0.15) is 71.1 Å². The van der Waals surface area contributed by atoms with Gasteiger partial charge in [0, 0.05) is 63.8 Å². The first-order chi connectivity index (χ1) is 16.9. The van der Waals surface area contributed by atoms with Crippen molar-refractivity contribution in [2.45, 2.75) is 83.5 Å². The second-order valence-corrected chi connectivity index (χ2v) is 11.7. The van der Waals surface area contributed by atoms with Crippen molar-refractivity contribution in [1.82, 2.24) is 30.3 Å². The normalized spacial score (nSPS) is 11.8. The largest absolute Gasteiger partial charge is 0.375 e. The number of amides is 1. The van der Waals surface area contributed by atoms with Crippen molar-refractivity contribution >= 4 is 15.7 Å². The molecule has 0 aliphatic rings. The summed E-state index contributed by atoms with van der Waals surface area (Å²) in [5, 5.41) is 11.0. The lowest BCUT2D eigenvalue weighted by Gasteiger charge is -2.25. The highest BCUT2D eigenvalue weighted by atomic mass is 32.2. The van der Waals surface area contributed by atoms with Gasteiger partial charge in [0.1, 0.15) is 0 Å². The molecule has 0 fully saturated rings. The summed E-state index contributed by atoms with van der Waals surface area (Å²) in [6.07, 6.45) is 9.75. The van der Waals surface area contributed by atoms with Crippen LogP contribution in [0, 0.1) is 17.8 Å². The third-order valence-electron chi connectivity index (χ3n) is 5.32. The van der Waals surface area contributed by atoms with E-state index in [0.29, 0.717) is 43.7 Å². The van der Waals surface area contributed by atoms with Crippen LogP contribution >= 0.6 is 0 Å². The van der Waals surface area contributed by atoms with Gasteiger partial charge in [-0.1, -0.05) is 30.9 Å². The highest BCUT2D eigenvalue weighted by Crippen LogP contribution is 2.17. The van der Waals surface area contributed by atoms with Crippen molar-refractivity contribution in [3.05, 3.63) is 29.8 Å². The smallest absolute Gasteiger partial charge is 0.246 e. The molecule has 10 nitrogen and oxygen atoms in total. The van der Waals surface area contributed by atoms with Crippen molar-refractivity contribution in [2.75, 3.05) is 19.4 Å². The van der Waals surface area contributed by atoms with E-state index in [2.05, 4.69) is 65.1 Å². The van der Waals surface area contributed by atoms with Gasteiger partial charge in [-0.15, -0.1) is 5.10 Å². The Kier molecular flexibility index (Phi) is 11.5. The van der Waals surface area contributed by atoms with Gasteiger partial charge < -0.3 is 10.1 Å². The molecular formula is C25H38N6O4S. The Morgan fingerprint density at radius 3 is 2.64 bits per heavy atom. The van der Waals surface area contributed by atoms with Crippen LogP contribution in [0.3, 0.4) is 0 Å². The summed E-state index contributed by atoms with van der Waals surface area (Å²) < 4.78 is 30.5. The molecular weight excluding hydrogens is 480 g/mol. The van der Waals surface area contributed by atoms with Gasteiger partial charge in [0.25, 0.3) is 0 Å². The van der Waals surface area contributed by atoms with Gasteiger partial charge in [-0.05, 0) is 39.0 Å². The summed E-state index contributed by atoms with van der Waals surface area (Å²) in [5.74, 6) is 6.41. The molecule has 0 atom stereocenters. The maximum atomic E-state index is 12.1. The Hall–Kier alpha value is -2.84. The number of rotatable bonds is 14. The number of sulfone groups is 1. The first-order valence-electron chi connectivity index (χ1n) is 12.3. The maximum Gasteiger partial charge on any atom is 0.246 e. The molecule has 36 heavy (non-hydrogen) atoms. The van der Waals surface area contributed by atoms with Gasteiger partial charge in [0.15, 0.2) is 0 Å². The molecule has 0 unspecified atom stereocenters. The summed E-state index contributed by atoms with van der Waals surface area (Å²) >= 11 is 0. The monoisotopic (exact) mass is 518 g/mol. The number of carbonyl (C=O) groups is 1. The Balaban J connectivity index is 1.61. The van der Waals surface area contributed by atoms with Crippen LogP contribution in [0.2, 0.25) is 0 Å². The molecule has 1 N–H and O–H groups in total. The predicted molar refractivity (Wildman–Crippen MR) is 137 cm³/mol. The average Bonchev–Trinajstić information content (AvgIpc) is 3.25. The van der Waals surface area contributed by atoms with Crippen molar-refractivity contribution < 1.29 is 17.9 Å². The van der Waals surface area contributed by atoms with Crippen molar-refractivity contribution in [2.24, 2.45) is 5.92 Å². The minimum Gasteiger partial charge on any atom is -0.375 e. The van der Waals surface area contributed by atoms with Crippen molar-refractivity contribution in [3.8, 4) is 11.8 Å². The lowest BCUT2D eigenvalue weighted by molar-refractivity contribution is -0.121. The molecule has 2 aromatic rings. The summed E-state index contributed by atoms with van der Waals surface area (Å²) in [5.41, 5.74) is 1.15. The zero-order valence-electron chi connectivity index (χ0n) is 22.0. The highest BCUT2D eigenvalue weighted by Gasteiger charge is 2.19. The van der Waals surface area contributed by atoms with Gasteiger partial charge >= 0.3 is 0 Å². The number of aryl methyl sites for hydroxylation is 1. The van der Waals surface area contributed by atoms with E-state index in [0.717, 1.165) is 37.9 Å². The number of carbonyl (C=O) groups excluding carboxylic acids is 1. The third kappa shape index (κ3) is 11.7. The average molecular weight is 519 g/mol. The number of unbranched alkanes of at least 4 members (excludes halogenated alkanes) is 1. The number of ether oxygens (including phenoxy) is 1. The molecule has 0 saturated carbocycles. The van der Waals surface area contributed by atoms with E-state index in [1.807, 2.05) is 10.9 Å². The van der Waals surface area contributed by atoms with Crippen LogP contribution in [0.15, 0.2) is 23.7 Å². The first-order valence-corrected chi connectivity index (χ1v) is 14.1. The maximum absolute atomic E-state index is 12.1. The van der Waals surface area contributed by atoms with Gasteiger partial charge in [0.2, 0.25) is 20.9 Å². The zero-order chi connectivity index (χ0) is 26.6. The predicted octanol–water partition coefficient (Wildman–Crippen LogP) is 2.58. The molecule has 11 heteroatoms. The van der Waals surface area contributed by atoms with Gasteiger partial charge in [-0.3, -0.25) is 9.48 Å². The molecule has 2 heterocycles. The number of hydrogen-bond acceptors (Lipinski definition) is 8. The lowest BCUT2D eigenvalue weighted by Crippen LogP contribution is -2.27. The van der Waals surface area contributed by atoms with E-state index in [-0.39, 0.29) is 16.7 Å². The quantitative estimate of drug-likeness (QED) is 0.230. The molecule has 1 amide bonds. The van der Waals surface area contributed by atoms with Crippen LogP contribution < -0.4 is 5.32 Å². The number of hydrogen-bond donors (Lipinski definition) is 1. The standard InChI is InChI=1S/C25H38N6O4S/c1-20(2)12-16-35-25(3,4)13-15-31-19-22(29-30-31)11-14-26-23(32)10-8-6-7-9-21-17-27-24(28-18-21)36(5,33)34/h17-20H,6,8,10-16H2,1-5H3,(H,26,32). The molecule has 2 aromatic heterocycles. The Bertz CT molecular complexity index is 1130. The van der Waals surface area contributed by atoms with E-state index in [1.54, 1.807) is 0 Å². The fraction of sp³-hybridized carbons (Fsp3) is 0.640. The SMILES string of the molecule is CC(C)CCOC(C)(C)CCn1cc(CCNC(=O)CCCC#Cc2cnc(S(C)(=O)=O)nc2)nn1. The van der Waals surface area contributed by atoms with Gasteiger partial charge in [-0.25, -0.2) is 18.4 Å². The Morgan fingerprint density at radius 2 is 1.97 bits per heavy atom. The fourth-order valence-corrected chi connectivity index (χ4v) is 3.57. The highest BCUT2D eigenvalue weighted by molar-refractivity contribution is 7.90. The Morgan fingerprint density at radius 1 is 1.25 bits per heavy atom. The van der Waals surface area contributed by atoms with E-state index >= 15 is 0 Å². The minimum atomic E-state index is -3.42. The summed E-state index contributed by atoms with van der Waals surface area (Å²) in [6.45, 7) is 10.6. The van der Waals surface area contributed by atoms with E-state index in [9.17, 15) is 13.2 Å². The summed E-state index contributed by atoms with van der Waals surface area (Å²) in [7, 11) is -3.42.